The van der Waals surface area contributed by atoms with Gasteiger partial charge in [0, 0.05) is 24.1 Å². The van der Waals surface area contributed by atoms with Gasteiger partial charge in [0.2, 0.25) is 0 Å². The van der Waals surface area contributed by atoms with E-state index in [9.17, 15) is 4.79 Å². The number of carbonyl (C=O) groups is 1. The first-order valence-corrected chi connectivity index (χ1v) is 8.53. The Morgan fingerprint density at radius 2 is 2.20 bits per heavy atom. The zero-order chi connectivity index (χ0) is 17.4. The van der Waals surface area contributed by atoms with Crippen LogP contribution < -0.4 is 0 Å². The molecule has 6 nitrogen and oxygen atoms in total. The third-order valence-electron chi connectivity index (χ3n) is 4.49. The number of cyclic esters (lactones) is 1. The van der Waals surface area contributed by atoms with Crippen molar-refractivity contribution >= 4 is 6.09 Å². The van der Waals surface area contributed by atoms with E-state index in [4.69, 9.17) is 4.74 Å². The lowest BCUT2D eigenvalue weighted by Crippen LogP contribution is -2.22. The van der Waals surface area contributed by atoms with Gasteiger partial charge in [-0.15, -0.1) is 5.10 Å². The number of carbonyl (C=O) groups excluding carboxylic acids is 1. The van der Waals surface area contributed by atoms with Gasteiger partial charge in [-0.2, -0.15) is 0 Å². The molecule has 25 heavy (non-hydrogen) atoms. The SMILES string of the molecule is Cc1cc(C#CC2CC2)ccc1-c1cn(CC2CN(C)C(=O)O2)nn1. The molecule has 1 aliphatic carbocycles. The fraction of sp³-hybridized carbons (Fsp3) is 0.421. The molecule has 1 amide bonds. The topological polar surface area (TPSA) is 60.2 Å². The fourth-order valence-electron chi connectivity index (χ4n) is 2.91. The number of aromatic nitrogens is 3. The summed E-state index contributed by atoms with van der Waals surface area (Å²) in [5, 5.41) is 8.43. The summed E-state index contributed by atoms with van der Waals surface area (Å²) < 4.78 is 7.00. The molecule has 1 saturated heterocycles. The molecule has 1 saturated carbocycles. The Morgan fingerprint density at radius 3 is 2.88 bits per heavy atom. The fourth-order valence-corrected chi connectivity index (χ4v) is 2.91. The molecule has 0 radical (unpaired) electrons. The van der Waals surface area contributed by atoms with Crippen LogP contribution in [0.3, 0.4) is 0 Å². The number of nitrogens with zero attached hydrogens (tertiary/aromatic N) is 4. The van der Waals surface area contributed by atoms with Crippen molar-refractivity contribution in [3.8, 4) is 23.1 Å². The Morgan fingerprint density at radius 1 is 1.36 bits per heavy atom. The number of ether oxygens (including phenoxy) is 1. The highest BCUT2D eigenvalue weighted by molar-refractivity contribution is 5.69. The van der Waals surface area contributed by atoms with Gasteiger partial charge in [0.1, 0.15) is 11.8 Å². The van der Waals surface area contributed by atoms with Crippen molar-refractivity contribution in [1.29, 1.82) is 0 Å². The normalized spacial score (nSPS) is 19.5. The van der Waals surface area contributed by atoms with Crippen LogP contribution in [0, 0.1) is 24.7 Å². The molecule has 128 valence electrons. The Kier molecular flexibility index (Phi) is 3.92. The third-order valence-corrected chi connectivity index (χ3v) is 4.49. The lowest BCUT2D eigenvalue weighted by atomic mass is 10.0. The summed E-state index contributed by atoms with van der Waals surface area (Å²) in [5.41, 5.74) is 4.03. The first-order chi connectivity index (χ1) is 12.1. The summed E-state index contributed by atoms with van der Waals surface area (Å²) in [5.74, 6) is 7.13. The second-order valence-electron chi connectivity index (χ2n) is 6.79. The number of benzene rings is 1. The van der Waals surface area contributed by atoms with Crippen LogP contribution in [-0.2, 0) is 11.3 Å². The smallest absolute Gasteiger partial charge is 0.410 e. The van der Waals surface area contributed by atoms with Crippen molar-refractivity contribution in [1.82, 2.24) is 19.9 Å². The maximum absolute atomic E-state index is 11.4. The van der Waals surface area contributed by atoms with Gasteiger partial charge in [-0.25, -0.2) is 9.48 Å². The van der Waals surface area contributed by atoms with E-state index in [1.54, 1.807) is 16.6 Å². The number of amides is 1. The second kappa shape index (κ2) is 6.25. The molecule has 1 aliphatic heterocycles. The molecule has 2 aliphatic rings. The van der Waals surface area contributed by atoms with Gasteiger partial charge in [-0.3, -0.25) is 0 Å². The van der Waals surface area contributed by atoms with Gasteiger partial charge in [0.25, 0.3) is 0 Å². The molecule has 0 spiro atoms. The molecule has 0 bridgehead atoms. The largest absolute Gasteiger partial charge is 0.442 e. The van der Waals surface area contributed by atoms with Crippen molar-refractivity contribution in [3.05, 3.63) is 35.5 Å². The predicted octanol–water partition coefficient (Wildman–Crippen LogP) is 2.47. The highest BCUT2D eigenvalue weighted by Gasteiger charge is 2.28. The number of likely N-dealkylation sites (N-methyl/N-ethyl adjacent to an activating group) is 1. The van der Waals surface area contributed by atoms with Gasteiger partial charge in [-0.05, 0) is 37.5 Å². The van der Waals surface area contributed by atoms with Crippen LogP contribution in [0.2, 0.25) is 0 Å². The van der Waals surface area contributed by atoms with Gasteiger partial charge in [0.15, 0.2) is 0 Å². The first kappa shape index (κ1) is 15.7. The van der Waals surface area contributed by atoms with Crippen LogP contribution in [0.15, 0.2) is 24.4 Å². The summed E-state index contributed by atoms with van der Waals surface area (Å²) in [6.07, 6.45) is 3.89. The van der Waals surface area contributed by atoms with Crippen molar-refractivity contribution in [2.75, 3.05) is 13.6 Å². The van der Waals surface area contributed by atoms with E-state index >= 15 is 0 Å². The second-order valence-corrected chi connectivity index (χ2v) is 6.79. The summed E-state index contributed by atoms with van der Waals surface area (Å²) in [6.45, 7) is 3.14. The molecule has 1 atom stereocenters. The van der Waals surface area contributed by atoms with E-state index in [1.807, 2.05) is 18.3 Å². The van der Waals surface area contributed by atoms with Gasteiger partial charge < -0.3 is 9.64 Å². The van der Waals surface area contributed by atoms with Gasteiger partial charge >= 0.3 is 6.09 Å². The molecular weight excluding hydrogens is 316 g/mol. The summed E-state index contributed by atoms with van der Waals surface area (Å²) in [4.78, 5) is 13.0. The van der Waals surface area contributed by atoms with E-state index in [-0.39, 0.29) is 12.2 Å². The van der Waals surface area contributed by atoms with Crippen molar-refractivity contribution < 1.29 is 9.53 Å². The third kappa shape index (κ3) is 3.50. The molecule has 1 aromatic carbocycles. The van der Waals surface area contributed by atoms with E-state index in [2.05, 4.69) is 35.1 Å². The van der Waals surface area contributed by atoms with Crippen LogP contribution in [0.4, 0.5) is 4.79 Å². The molecule has 1 aromatic heterocycles. The number of hydrogen-bond acceptors (Lipinski definition) is 4. The first-order valence-electron chi connectivity index (χ1n) is 8.53. The van der Waals surface area contributed by atoms with Crippen LogP contribution in [-0.4, -0.2) is 45.7 Å². The maximum atomic E-state index is 11.4. The van der Waals surface area contributed by atoms with Gasteiger partial charge in [-0.1, -0.05) is 23.1 Å². The highest BCUT2D eigenvalue weighted by atomic mass is 16.6. The zero-order valence-corrected chi connectivity index (χ0v) is 14.4. The molecule has 0 N–H and O–H groups in total. The zero-order valence-electron chi connectivity index (χ0n) is 14.4. The van der Waals surface area contributed by atoms with E-state index in [0.29, 0.717) is 19.0 Å². The highest BCUT2D eigenvalue weighted by Crippen LogP contribution is 2.28. The predicted molar refractivity (Wildman–Crippen MR) is 92.7 cm³/mol. The van der Waals surface area contributed by atoms with E-state index in [1.165, 1.54) is 12.8 Å². The number of hydrogen-bond donors (Lipinski definition) is 0. The number of rotatable bonds is 3. The molecule has 2 fully saturated rings. The summed E-state index contributed by atoms with van der Waals surface area (Å²) >= 11 is 0. The quantitative estimate of drug-likeness (QED) is 0.808. The van der Waals surface area contributed by atoms with Gasteiger partial charge in [0.05, 0.1) is 19.3 Å². The van der Waals surface area contributed by atoms with Crippen LogP contribution >= 0.6 is 0 Å². The molecule has 2 aromatic rings. The van der Waals surface area contributed by atoms with Crippen LogP contribution in [0.5, 0.6) is 0 Å². The minimum absolute atomic E-state index is 0.187. The average Bonchev–Trinajstić information content (AvgIpc) is 3.22. The standard InChI is InChI=1S/C19H20N4O2/c1-13-9-15(6-5-14-3-4-14)7-8-17(13)18-12-23(21-20-18)11-16-10-22(2)19(24)25-16/h7-9,12,14,16H,3-4,10-11H2,1-2H3. The molecule has 2 heterocycles. The Hall–Kier alpha value is -2.81. The summed E-state index contributed by atoms with van der Waals surface area (Å²) in [6, 6.07) is 6.17. The Balaban J connectivity index is 1.48. The summed E-state index contributed by atoms with van der Waals surface area (Å²) in [7, 11) is 1.73. The lowest BCUT2D eigenvalue weighted by molar-refractivity contribution is 0.124. The molecular formula is C19H20N4O2. The average molecular weight is 336 g/mol. The lowest BCUT2D eigenvalue weighted by Gasteiger charge is -2.06. The monoisotopic (exact) mass is 336 g/mol. The minimum Gasteiger partial charge on any atom is -0.442 e. The Bertz CT molecular complexity index is 873. The minimum atomic E-state index is -0.288. The Labute approximate surface area is 146 Å². The van der Waals surface area contributed by atoms with Crippen molar-refractivity contribution in [2.45, 2.75) is 32.4 Å². The van der Waals surface area contributed by atoms with E-state index in [0.717, 1.165) is 22.4 Å². The maximum Gasteiger partial charge on any atom is 0.410 e. The van der Waals surface area contributed by atoms with Crippen molar-refractivity contribution in [2.24, 2.45) is 5.92 Å². The molecule has 1 unspecified atom stereocenters. The van der Waals surface area contributed by atoms with Crippen LogP contribution in [0.1, 0.15) is 24.0 Å². The van der Waals surface area contributed by atoms with Crippen LogP contribution in [0.25, 0.3) is 11.3 Å². The van der Waals surface area contributed by atoms with E-state index < -0.39 is 0 Å². The van der Waals surface area contributed by atoms with Crippen molar-refractivity contribution in [3.63, 3.8) is 0 Å². The molecule has 6 heteroatoms. The molecule has 4 rings (SSSR count). The number of aryl methyl sites for hydroxylation is 1.